The van der Waals surface area contributed by atoms with Crippen molar-refractivity contribution in [3.8, 4) is 11.5 Å². The summed E-state index contributed by atoms with van der Waals surface area (Å²) in [5.74, 6) is 2.69. The summed E-state index contributed by atoms with van der Waals surface area (Å²) in [5.41, 5.74) is 3.41. The van der Waals surface area contributed by atoms with Crippen LogP contribution in [-0.4, -0.2) is 61.3 Å². The van der Waals surface area contributed by atoms with Crippen LogP contribution < -0.4 is 14.4 Å². The number of aromatic nitrogens is 2. The predicted octanol–water partition coefficient (Wildman–Crippen LogP) is 4.50. The SMILES string of the molecule is COc1cc2c(cc1OCCCN1CCCC1)[nH]c1c(C)cnc(N3CCCC3)c12. The number of methoxy groups -OCH3 is 1. The molecule has 3 aromatic rings. The zero-order valence-electron chi connectivity index (χ0n) is 18.2. The minimum absolute atomic E-state index is 0.707. The minimum Gasteiger partial charge on any atom is -0.493 e. The van der Waals surface area contributed by atoms with Crippen LogP contribution in [0.4, 0.5) is 5.82 Å². The molecule has 6 nitrogen and oxygen atoms in total. The van der Waals surface area contributed by atoms with Crippen LogP contribution >= 0.6 is 0 Å². The Kier molecular flexibility index (Phi) is 5.42. The molecule has 5 rings (SSSR count). The normalized spacial score (nSPS) is 17.5. The largest absolute Gasteiger partial charge is 0.493 e. The summed E-state index contributed by atoms with van der Waals surface area (Å²) in [6.45, 7) is 8.55. The maximum absolute atomic E-state index is 6.15. The number of nitrogens with zero attached hydrogens (tertiary/aromatic N) is 3. The highest BCUT2D eigenvalue weighted by atomic mass is 16.5. The van der Waals surface area contributed by atoms with Crippen molar-refractivity contribution in [1.29, 1.82) is 0 Å². The van der Waals surface area contributed by atoms with E-state index >= 15 is 0 Å². The van der Waals surface area contributed by atoms with Crippen molar-refractivity contribution >= 4 is 27.6 Å². The second kappa shape index (κ2) is 8.34. The Morgan fingerprint density at radius 3 is 2.57 bits per heavy atom. The van der Waals surface area contributed by atoms with Crippen LogP contribution in [0.1, 0.15) is 37.7 Å². The Morgan fingerprint density at radius 1 is 1.03 bits per heavy atom. The first-order chi connectivity index (χ1) is 14.7. The molecule has 0 bridgehead atoms. The van der Waals surface area contributed by atoms with Gasteiger partial charge in [0.2, 0.25) is 0 Å². The lowest BCUT2D eigenvalue weighted by Crippen LogP contribution is -2.21. The summed E-state index contributed by atoms with van der Waals surface area (Å²) < 4.78 is 11.9. The molecule has 2 aliphatic heterocycles. The van der Waals surface area contributed by atoms with Crippen LogP contribution in [0.25, 0.3) is 21.8 Å². The van der Waals surface area contributed by atoms with Gasteiger partial charge in [-0.2, -0.15) is 0 Å². The Balaban J connectivity index is 1.45. The molecule has 0 atom stereocenters. The summed E-state index contributed by atoms with van der Waals surface area (Å²) in [7, 11) is 1.72. The molecule has 4 heterocycles. The van der Waals surface area contributed by atoms with E-state index in [-0.39, 0.29) is 0 Å². The lowest BCUT2D eigenvalue weighted by molar-refractivity contribution is 0.254. The van der Waals surface area contributed by atoms with Gasteiger partial charge in [0.25, 0.3) is 0 Å². The van der Waals surface area contributed by atoms with Gasteiger partial charge in [0.15, 0.2) is 11.5 Å². The summed E-state index contributed by atoms with van der Waals surface area (Å²) in [4.78, 5) is 13.4. The smallest absolute Gasteiger partial charge is 0.163 e. The predicted molar refractivity (Wildman–Crippen MR) is 122 cm³/mol. The second-order valence-electron chi connectivity index (χ2n) is 8.63. The molecule has 0 aliphatic carbocycles. The molecular formula is C24H32N4O2. The third-order valence-corrected chi connectivity index (χ3v) is 6.56. The molecule has 2 aromatic heterocycles. The van der Waals surface area contributed by atoms with E-state index in [0.29, 0.717) is 6.61 Å². The average molecular weight is 409 g/mol. The van der Waals surface area contributed by atoms with Gasteiger partial charge in [-0.05, 0) is 63.7 Å². The van der Waals surface area contributed by atoms with E-state index in [1.165, 1.54) is 44.2 Å². The fourth-order valence-electron chi connectivity index (χ4n) is 4.93. The molecule has 0 radical (unpaired) electrons. The van der Waals surface area contributed by atoms with Crippen LogP contribution in [0.3, 0.4) is 0 Å². The number of pyridine rings is 1. The standard InChI is InChI=1S/C24H32N4O2/c1-17-16-25-24(28-11-5-6-12-28)22-18-14-20(29-2)21(15-19(18)26-23(17)22)30-13-7-10-27-8-3-4-9-27/h14-16,26H,3-13H2,1-2H3. The number of likely N-dealkylation sites (tertiary alicyclic amines) is 1. The lowest BCUT2D eigenvalue weighted by Gasteiger charge is -2.18. The van der Waals surface area contributed by atoms with E-state index in [1.54, 1.807) is 7.11 Å². The van der Waals surface area contributed by atoms with Crippen molar-refractivity contribution < 1.29 is 9.47 Å². The number of hydrogen-bond acceptors (Lipinski definition) is 5. The van der Waals surface area contributed by atoms with E-state index in [0.717, 1.165) is 65.4 Å². The summed E-state index contributed by atoms with van der Waals surface area (Å²) in [6, 6.07) is 4.21. The molecule has 6 heteroatoms. The van der Waals surface area contributed by atoms with Gasteiger partial charge in [-0.15, -0.1) is 0 Å². The van der Waals surface area contributed by atoms with E-state index in [9.17, 15) is 0 Å². The van der Waals surface area contributed by atoms with E-state index in [1.807, 2.05) is 6.20 Å². The summed E-state index contributed by atoms with van der Waals surface area (Å²) >= 11 is 0. The zero-order valence-corrected chi connectivity index (χ0v) is 18.2. The Labute approximate surface area is 178 Å². The Hall–Kier alpha value is -2.47. The highest BCUT2D eigenvalue weighted by Gasteiger charge is 2.21. The highest BCUT2D eigenvalue weighted by Crippen LogP contribution is 2.40. The number of fused-ring (bicyclic) bond motifs is 3. The van der Waals surface area contributed by atoms with Crippen molar-refractivity contribution in [1.82, 2.24) is 14.9 Å². The summed E-state index contributed by atoms with van der Waals surface area (Å²) in [6.07, 6.45) is 8.16. The first kappa shape index (κ1) is 19.5. The van der Waals surface area contributed by atoms with Crippen molar-refractivity contribution in [3.63, 3.8) is 0 Å². The molecule has 0 amide bonds. The quantitative estimate of drug-likeness (QED) is 0.584. The summed E-state index contributed by atoms with van der Waals surface area (Å²) in [5, 5.41) is 2.36. The molecule has 1 N–H and O–H groups in total. The number of hydrogen-bond donors (Lipinski definition) is 1. The van der Waals surface area contributed by atoms with Crippen molar-refractivity contribution in [2.24, 2.45) is 0 Å². The van der Waals surface area contributed by atoms with E-state index in [2.05, 4.69) is 33.8 Å². The molecule has 2 saturated heterocycles. The molecule has 2 aliphatic rings. The fourth-order valence-corrected chi connectivity index (χ4v) is 4.93. The maximum atomic E-state index is 6.15. The molecule has 1 aromatic carbocycles. The maximum Gasteiger partial charge on any atom is 0.163 e. The van der Waals surface area contributed by atoms with Crippen molar-refractivity contribution in [3.05, 3.63) is 23.9 Å². The first-order valence-electron chi connectivity index (χ1n) is 11.3. The molecule has 0 unspecified atom stereocenters. The van der Waals surface area contributed by atoms with Gasteiger partial charge in [-0.1, -0.05) is 0 Å². The van der Waals surface area contributed by atoms with Crippen LogP contribution in [0.15, 0.2) is 18.3 Å². The van der Waals surface area contributed by atoms with Crippen LogP contribution in [0.5, 0.6) is 11.5 Å². The monoisotopic (exact) mass is 408 g/mol. The van der Waals surface area contributed by atoms with Gasteiger partial charge in [-0.3, -0.25) is 0 Å². The zero-order chi connectivity index (χ0) is 20.5. The minimum atomic E-state index is 0.707. The number of benzene rings is 1. The number of ether oxygens (including phenoxy) is 2. The van der Waals surface area contributed by atoms with Gasteiger partial charge in [0, 0.05) is 37.3 Å². The third-order valence-electron chi connectivity index (χ3n) is 6.56. The molecule has 30 heavy (non-hydrogen) atoms. The number of aryl methyl sites for hydroxylation is 1. The van der Waals surface area contributed by atoms with Crippen molar-refractivity contribution in [2.75, 3.05) is 51.3 Å². The second-order valence-corrected chi connectivity index (χ2v) is 8.63. The van der Waals surface area contributed by atoms with Gasteiger partial charge < -0.3 is 24.3 Å². The number of rotatable bonds is 7. The topological polar surface area (TPSA) is 53.6 Å². The third kappa shape index (κ3) is 3.58. The van der Waals surface area contributed by atoms with Crippen LogP contribution in [0.2, 0.25) is 0 Å². The molecule has 160 valence electrons. The van der Waals surface area contributed by atoms with E-state index in [4.69, 9.17) is 14.5 Å². The highest BCUT2D eigenvalue weighted by molar-refractivity contribution is 6.14. The lowest BCUT2D eigenvalue weighted by atomic mass is 10.1. The molecule has 0 spiro atoms. The molecule has 0 saturated carbocycles. The molecule has 2 fully saturated rings. The van der Waals surface area contributed by atoms with Crippen LogP contribution in [0, 0.1) is 6.92 Å². The number of nitrogens with one attached hydrogen (secondary N) is 1. The van der Waals surface area contributed by atoms with Crippen molar-refractivity contribution in [2.45, 2.75) is 39.0 Å². The van der Waals surface area contributed by atoms with Gasteiger partial charge in [0.1, 0.15) is 5.82 Å². The number of anilines is 1. The van der Waals surface area contributed by atoms with E-state index < -0.39 is 0 Å². The number of H-pyrrole nitrogens is 1. The average Bonchev–Trinajstić information content (AvgIpc) is 3.52. The first-order valence-corrected chi connectivity index (χ1v) is 11.3. The number of aromatic amines is 1. The van der Waals surface area contributed by atoms with Gasteiger partial charge >= 0.3 is 0 Å². The fraction of sp³-hybridized carbons (Fsp3) is 0.542. The van der Waals surface area contributed by atoms with Gasteiger partial charge in [-0.25, -0.2) is 4.98 Å². The van der Waals surface area contributed by atoms with Crippen LogP contribution in [-0.2, 0) is 0 Å². The van der Waals surface area contributed by atoms with Gasteiger partial charge in [0.05, 0.1) is 30.1 Å². The Morgan fingerprint density at radius 2 is 1.80 bits per heavy atom. The molecular weight excluding hydrogens is 376 g/mol. The Bertz CT molecular complexity index is 1030.